The molecule has 7 heteroatoms. The molecule has 2 aromatic carbocycles. The Balaban J connectivity index is 1.52. The van der Waals surface area contributed by atoms with Gasteiger partial charge < -0.3 is 25.0 Å². The molecule has 0 atom stereocenters. The van der Waals surface area contributed by atoms with Crippen LogP contribution in [0.2, 0.25) is 0 Å². The molecular formula is C25H35N3O4. The number of ether oxygens (including phenoxy) is 2. The van der Waals surface area contributed by atoms with E-state index in [0.717, 1.165) is 37.8 Å². The summed E-state index contributed by atoms with van der Waals surface area (Å²) in [4.78, 5) is 25.6. The first kappa shape index (κ1) is 25.2. The Bertz CT molecular complexity index is 795. The zero-order valence-corrected chi connectivity index (χ0v) is 19.1. The van der Waals surface area contributed by atoms with Gasteiger partial charge in [-0.3, -0.25) is 4.79 Å². The average Bonchev–Trinajstić information content (AvgIpc) is 2.80. The standard InChI is InChI=1S/C25H35N3O4/c1-28(2)18-8-17-26-24(29)20-31-23-14-12-21(13-15-23)9-6-7-16-27-25(30)32-19-22-10-4-3-5-11-22/h3-5,10-15H,6-9,16-20H2,1-2H3,(H,26,29)(H,27,30). The van der Waals surface area contributed by atoms with E-state index in [1.165, 1.54) is 5.56 Å². The molecule has 0 spiro atoms. The van der Waals surface area contributed by atoms with Crippen LogP contribution in [0, 0.1) is 0 Å². The second-order valence-corrected chi connectivity index (χ2v) is 7.89. The van der Waals surface area contributed by atoms with Gasteiger partial charge in [0.1, 0.15) is 12.4 Å². The van der Waals surface area contributed by atoms with Gasteiger partial charge in [0.25, 0.3) is 5.91 Å². The zero-order chi connectivity index (χ0) is 23.0. The molecular weight excluding hydrogens is 406 g/mol. The van der Waals surface area contributed by atoms with Gasteiger partial charge in [-0.2, -0.15) is 0 Å². The quantitative estimate of drug-likeness (QED) is 0.440. The van der Waals surface area contributed by atoms with Gasteiger partial charge in [-0.15, -0.1) is 0 Å². The first-order valence-electron chi connectivity index (χ1n) is 11.1. The summed E-state index contributed by atoms with van der Waals surface area (Å²) in [6.07, 6.45) is 3.25. The number of hydrogen-bond acceptors (Lipinski definition) is 5. The van der Waals surface area contributed by atoms with Gasteiger partial charge >= 0.3 is 6.09 Å². The van der Waals surface area contributed by atoms with Crippen LogP contribution in [0.25, 0.3) is 0 Å². The number of aryl methyl sites for hydroxylation is 1. The molecule has 0 bridgehead atoms. The highest BCUT2D eigenvalue weighted by atomic mass is 16.5. The van der Waals surface area contributed by atoms with Crippen molar-refractivity contribution in [3.63, 3.8) is 0 Å². The maximum Gasteiger partial charge on any atom is 0.407 e. The second-order valence-electron chi connectivity index (χ2n) is 7.89. The Labute approximate surface area is 191 Å². The molecule has 0 unspecified atom stereocenters. The van der Waals surface area contributed by atoms with Crippen molar-refractivity contribution in [1.29, 1.82) is 0 Å². The van der Waals surface area contributed by atoms with E-state index in [9.17, 15) is 9.59 Å². The Morgan fingerprint density at radius 1 is 0.844 bits per heavy atom. The van der Waals surface area contributed by atoms with Crippen LogP contribution in [0.3, 0.4) is 0 Å². The van der Waals surface area contributed by atoms with E-state index in [-0.39, 0.29) is 19.1 Å². The molecule has 0 radical (unpaired) electrons. The van der Waals surface area contributed by atoms with Crippen molar-refractivity contribution in [2.24, 2.45) is 0 Å². The summed E-state index contributed by atoms with van der Waals surface area (Å²) < 4.78 is 10.7. The lowest BCUT2D eigenvalue weighted by Gasteiger charge is -2.10. The smallest absolute Gasteiger partial charge is 0.407 e. The summed E-state index contributed by atoms with van der Waals surface area (Å²) >= 11 is 0. The molecule has 2 N–H and O–H groups in total. The summed E-state index contributed by atoms with van der Waals surface area (Å²) in [5.41, 5.74) is 2.16. The highest BCUT2D eigenvalue weighted by molar-refractivity contribution is 5.77. The minimum absolute atomic E-state index is 0.0212. The molecule has 174 valence electrons. The van der Waals surface area contributed by atoms with E-state index in [1.54, 1.807) is 0 Å². The summed E-state index contributed by atoms with van der Waals surface area (Å²) in [6, 6.07) is 17.4. The number of alkyl carbamates (subject to hydrolysis) is 1. The van der Waals surface area contributed by atoms with Gasteiger partial charge in [-0.1, -0.05) is 42.5 Å². The Kier molecular flexibility index (Phi) is 11.7. The van der Waals surface area contributed by atoms with Crippen LogP contribution >= 0.6 is 0 Å². The number of amides is 2. The molecule has 0 aromatic heterocycles. The molecule has 0 aliphatic rings. The van der Waals surface area contributed by atoms with Gasteiger partial charge in [0.15, 0.2) is 6.61 Å². The fraction of sp³-hybridized carbons (Fsp3) is 0.440. The zero-order valence-electron chi connectivity index (χ0n) is 19.1. The van der Waals surface area contributed by atoms with Crippen LogP contribution in [0.4, 0.5) is 4.79 Å². The van der Waals surface area contributed by atoms with E-state index < -0.39 is 6.09 Å². The fourth-order valence-electron chi connectivity index (χ4n) is 2.99. The molecule has 0 aliphatic heterocycles. The number of rotatable bonds is 14. The summed E-state index contributed by atoms with van der Waals surface area (Å²) in [7, 11) is 4.02. The van der Waals surface area contributed by atoms with E-state index in [2.05, 4.69) is 15.5 Å². The lowest BCUT2D eigenvalue weighted by molar-refractivity contribution is -0.123. The lowest BCUT2D eigenvalue weighted by atomic mass is 10.1. The number of nitrogens with zero attached hydrogens (tertiary/aromatic N) is 1. The largest absolute Gasteiger partial charge is 0.484 e. The van der Waals surface area contributed by atoms with Crippen molar-refractivity contribution in [2.75, 3.05) is 40.3 Å². The molecule has 0 fully saturated rings. The van der Waals surface area contributed by atoms with Crippen LogP contribution in [0.1, 0.15) is 30.4 Å². The SMILES string of the molecule is CN(C)CCCNC(=O)COc1ccc(CCCCNC(=O)OCc2ccccc2)cc1. The number of benzene rings is 2. The normalized spacial score (nSPS) is 10.6. The van der Waals surface area contributed by atoms with Crippen LogP contribution in [0.15, 0.2) is 54.6 Å². The van der Waals surface area contributed by atoms with E-state index >= 15 is 0 Å². The van der Waals surface area contributed by atoms with Gasteiger partial charge in [0.2, 0.25) is 0 Å². The Morgan fingerprint density at radius 2 is 1.56 bits per heavy atom. The van der Waals surface area contributed by atoms with E-state index in [1.807, 2.05) is 68.7 Å². The van der Waals surface area contributed by atoms with Crippen molar-refractivity contribution in [2.45, 2.75) is 32.3 Å². The Morgan fingerprint density at radius 3 is 2.28 bits per heavy atom. The number of hydrogen-bond donors (Lipinski definition) is 2. The monoisotopic (exact) mass is 441 g/mol. The van der Waals surface area contributed by atoms with Gasteiger partial charge in [-0.05, 0) is 69.6 Å². The van der Waals surface area contributed by atoms with Crippen LogP contribution in [-0.4, -0.2) is 57.2 Å². The molecule has 0 aliphatic carbocycles. The first-order chi connectivity index (χ1) is 15.5. The molecule has 0 heterocycles. The maximum atomic E-state index is 11.8. The predicted octanol–water partition coefficient (Wildman–Crippen LogP) is 3.38. The molecule has 2 aromatic rings. The number of unbranched alkanes of at least 4 members (excludes halogenated alkanes) is 1. The van der Waals surface area contributed by atoms with Crippen molar-refractivity contribution in [3.8, 4) is 5.75 Å². The van der Waals surface area contributed by atoms with Crippen LogP contribution in [-0.2, 0) is 22.6 Å². The van der Waals surface area contributed by atoms with Gasteiger partial charge in [-0.25, -0.2) is 4.79 Å². The maximum absolute atomic E-state index is 11.8. The van der Waals surface area contributed by atoms with E-state index in [4.69, 9.17) is 9.47 Å². The number of nitrogens with one attached hydrogen (secondary N) is 2. The van der Waals surface area contributed by atoms with E-state index in [0.29, 0.717) is 18.8 Å². The number of carbonyl (C=O) groups is 2. The highest BCUT2D eigenvalue weighted by Crippen LogP contribution is 2.14. The Hall–Kier alpha value is -3.06. The third kappa shape index (κ3) is 11.4. The van der Waals surface area contributed by atoms with Crippen LogP contribution in [0.5, 0.6) is 5.75 Å². The summed E-state index contributed by atoms with van der Waals surface area (Å²) in [5.74, 6) is 0.572. The predicted molar refractivity (Wildman–Crippen MR) is 126 cm³/mol. The van der Waals surface area contributed by atoms with Gasteiger partial charge in [0.05, 0.1) is 0 Å². The third-order valence-corrected chi connectivity index (χ3v) is 4.77. The minimum atomic E-state index is -0.392. The topological polar surface area (TPSA) is 79.9 Å². The molecule has 7 nitrogen and oxygen atoms in total. The molecule has 2 amide bonds. The fourth-order valence-corrected chi connectivity index (χ4v) is 2.99. The number of carbonyl (C=O) groups excluding carboxylic acids is 2. The average molecular weight is 442 g/mol. The van der Waals surface area contributed by atoms with Crippen molar-refractivity contribution < 1.29 is 19.1 Å². The minimum Gasteiger partial charge on any atom is -0.484 e. The molecule has 0 saturated carbocycles. The molecule has 0 saturated heterocycles. The van der Waals surface area contributed by atoms with Crippen molar-refractivity contribution in [1.82, 2.24) is 15.5 Å². The second kappa shape index (κ2) is 14.9. The highest BCUT2D eigenvalue weighted by Gasteiger charge is 2.04. The van der Waals surface area contributed by atoms with Gasteiger partial charge in [0, 0.05) is 13.1 Å². The summed E-state index contributed by atoms with van der Waals surface area (Å²) in [6.45, 7) is 2.47. The molecule has 32 heavy (non-hydrogen) atoms. The van der Waals surface area contributed by atoms with Crippen molar-refractivity contribution in [3.05, 3.63) is 65.7 Å². The summed E-state index contributed by atoms with van der Waals surface area (Å²) in [5, 5.41) is 5.63. The first-order valence-corrected chi connectivity index (χ1v) is 11.1. The van der Waals surface area contributed by atoms with Crippen LogP contribution < -0.4 is 15.4 Å². The lowest BCUT2D eigenvalue weighted by Crippen LogP contribution is -2.31. The van der Waals surface area contributed by atoms with Crippen molar-refractivity contribution >= 4 is 12.0 Å². The molecule has 2 rings (SSSR count). The third-order valence-electron chi connectivity index (χ3n) is 4.77.